The second-order valence-electron chi connectivity index (χ2n) is 5.66. The summed E-state index contributed by atoms with van der Waals surface area (Å²) in [6.07, 6.45) is 0.0863. The molecule has 0 unspecified atom stereocenters. The summed E-state index contributed by atoms with van der Waals surface area (Å²) < 4.78 is 0. The Labute approximate surface area is 108 Å². The monoisotopic (exact) mass is 253 g/mol. The van der Waals surface area contributed by atoms with Gasteiger partial charge in [0.2, 0.25) is 0 Å². The highest BCUT2D eigenvalue weighted by Crippen LogP contribution is 2.32. The Balaban J connectivity index is 2.25. The summed E-state index contributed by atoms with van der Waals surface area (Å²) in [6, 6.07) is 5.97. The van der Waals surface area contributed by atoms with Gasteiger partial charge in [0.15, 0.2) is 0 Å². The van der Waals surface area contributed by atoms with Gasteiger partial charge in [0.05, 0.1) is 17.3 Å². The van der Waals surface area contributed by atoms with Crippen LogP contribution in [0.15, 0.2) is 18.2 Å². The minimum absolute atomic E-state index is 0.0241. The number of hydrogen-bond donors (Lipinski definition) is 2. The molecule has 17 heavy (non-hydrogen) atoms. The van der Waals surface area contributed by atoms with E-state index in [1.807, 2.05) is 18.2 Å². The fourth-order valence-corrected chi connectivity index (χ4v) is 2.15. The minimum atomic E-state index is 0.0241. The van der Waals surface area contributed by atoms with Gasteiger partial charge in [0.1, 0.15) is 6.17 Å². The number of aromatic nitrogens is 1. The van der Waals surface area contributed by atoms with E-state index < -0.39 is 0 Å². The van der Waals surface area contributed by atoms with Gasteiger partial charge in [-0.05, 0) is 39.8 Å². The number of hydrogen-bond acceptors (Lipinski definition) is 3. The molecule has 0 aliphatic carbocycles. The Hall–Kier alpha value is -0.640. The van der Waals surface area contributed by atoms with Gasteiger partial charge in [0.25, 0.3) is 0 Å². The third-order valence-corrected chi connectivity index (χ3v) is 4.11. The van der Waals surface area contributed by atoms with Crippen LogP contribution in [0.25, 0.3) is 0 Å². The largest absolute Gasteiger partial charge is 0.290 e. The highest BCUT2D eigenvalue weighted by Gasteiger charge is 2.46. The van der Waals surface area contributed by atoms with E-state index in [1.54, 1.807) is 0 Å². The van der Waals surface area contributed by atoms with Crippen LogP contribution in [0.5, 0.6) is 0 Å². The summed E-state index contributed by atoms with van der Waals surface area (Å²) in [4.78, 5) is 4.55. The first-order valence-electron chi connectivity index (χ1n) is 5.93. The van der Waals surface area contributed by atoms with Crippen LogP contribution in [0.4, 0.5) is 0 Å². The molecule has 1 aliphatic heterocycles. The molecule has 1 saturated heterocycles. The third-order valence-electron chi connectivity index (χ3n) is 3.83. The highest BCUT2D eigenvalue weighted by molar-refractivity contribution is 6.16. The van der Waals surface area contributed by atoms with Gasteiger partial charge in [-0.1, -0.05) is 6.07 Å². The van der Waals surface area contributed by atoms with E-state index >= 15 is 0 Å². The molecule has 1 fully saturated rings. The van der Waals surface area contributed by atoms with Crippen LogP contribution in [-0.4, -0.2) is 16.1 Å². The zero-order chi connectivity index (χ0) is 12.7. The van der Waals surface area contributed by atoms with Gasteiger partial charge >= 0.3 is 0 Å². The standard InChI is InChI=1S/C13H20ClN3/c1-12(2)13(3,4)17-11(16-12)10-7-5-6-9(8-14)15-10/h5-7,11,16-17H,8H2,1-4H3. The van der Waals surface area contributed by atoms with Crippen LogP contribution in [0.2, 0.25) is 0 Å². The number of nitrogens with one attached hydrogen (secondary N) is 2. The van der Waals surface area contributed by atoms with Crippen molar-refractivity contribution in [2.75, 3.05) is 0 Å². The second-order valence-corrected chi connectivity index (χ2v) is 5.93. The summed E-state index contributed by atoms with van der Waals surface area (Å²) in [7, 11) is 0. The maximum absolute atomic E-state index is 5.81. The highest BCUT2D eigenvalue weighted by atomic mass is 35.5. The van der Waals surface area contributed by atoms with Gasteiger partial charge in [-0.3, -0.25) is 15.6 Å². The summed E-state index contributed by atoms with van der Waals surface area (Å²) >= 11 is 5.81. The van der Waals surface area contributed by atoms with Crippen LogP contribution in [0.3, 0.4) is 0 Å². The van der Waals surface area contributed by atoms with Gasteiger partial charge in [-0.2, -0.15) is 0 Å². The first-order valence-corrected chi connectivity index (χ1v) is 6.46. The molecule has 0 spiro atoms. The molecule has 2 rings (SSSR count). The zero-order valence-corrected chi connectivity index (χ0v) is 11.6. The normalized spacial score (nSPS) is 22.9. The summed E-state index contributed by atoms with van der Waals surface area (Å²) in [5, 5.41) is 7.14. The lowest BCUT2D eigenvalue weighted by Crippen LogP contribution is -2.51. The molecule has 1 aliphatic rings. The number of rotatable bonds is 2. The van der Waals surface area contributed by atoms with Crippen molar-refractivity contribution in [3.8, 4) is 0 Å². The smallest absolute Gasteiger partial charge is 0.102 e. The molecule has 0 amide bonds. The maximum Gasteiger partial charge on any atom is 0.102 e. The molecule has 1 aromatic rings. The molecule has 1 aromatic heterocycles. The third kappa shape index (κ3) is 2.32. The molecule has 94 valence electrons. The first-order chi connectivity index (χ1) is 7.86. The van der Waals surface area contributed by atoms with Crippen molar-refractivity contribution >= 4 is 11.6 Å². The van der Waals surface area contributed by atoms with Crippen molar-refractivity contribution in [3.63, 3.8) is 0 Å². The van der Waals surface area contributed by atoms with E-state index in [-0.39, 0.29) is 17.2 Å². The quantitative estimate of drug-likeness (QED) is 0.796. The van der Waals surface area contributed by atoms with Crippen molar-refractivity contribution in [2.24, 2.45) is 0 Å². The van der Waals surface area contributed by atoms with Crippen molar-refractivity contribution in [1.29, 1.82) is 0 Å². The Morgan fingerprint density at radius 1 is 1.18 bits per heavy atom. The minimum Gasteiger partial charge on any atom is -0.290 e. The van der Waals surface area contributed by atoms with E-state index in [2.05, 4.69) is 43.3 Å². The van der Waals surface area contributed by atoms with Crippen LogP contribution < -0.4 is 10.6 Å². The van der Waals surface area contributed by atoms with Crippen molar-refractivity contribution in [3.05, 3.63) is 29.6 Å². The summed E-state index contributed by atoms with van der Waals surface area (Å²) in [5.74, 6) is 0.452. The van der Waals surface area contributed by atoms with Gasteiger partial charge < -0.3 is 0 Å². The fraction of sp³-hybridized carbons (Fsp3) is 0.615. The molecular weight excluding hydrogens is 234 g/mol. The molecule has 4 heteroatoms. The molecule has 2 heterocycles. The number of nitrogens with zero attached hydrogens (tertiary/aromatic N) is 1. The first kappa shape index (κ1) is 12.8. The molecule has 0 bridgehead atoms. The van der Waals surface area contributed by atoms with Crippen LogP contribution >= 0.6 is 11.6 Å². The van der Waals surface area contributed by atoms with Crippen LogP contribution in [0.1, 0.15) is 45.2 Å². The predicted molar refractivity (Wildman–Crippen MR) is 71.0 cm³/mol. The lowest BCUT2D eigenvalue weighted by molar-refractivity contribution is 0.295. The van der Waals surface area contributed by atoms with E-state index in [9.17, 15) is 0 Å². The zero-order valence-electron chi connectivity index (χ0n) is 10.8. The second kappa shape index (κ2) is 4.23. The topological polar surface area (TPSA) is 37.0 Å². The van der Waals surface area contributed by atoms with E-state index in [0.717, 1.165) is 11.4 Å². The Morgan fingerprint density at radius 2 is 1.76 bits per heavy atom. The number of pyridine rings is 1. The molecule has 3 nitrogen and oxygen atoms in total. The molecule has 0 saturated carbocycles. The Morgan fingerprint density at radius 3 is 2.29 bits per heavy atom. The molecule has 2 N–H and O–H groups in total. The van der Waals surface area contributed by atoms with Crippen molar-refractivity contribution < 1.29 is 0 Å². The van der Waals surface area contributed by atoms with Crippen molar-refractivity contribution in [2.45, 2.75) is 50.8 Å². The molecule has 0 radical (unpaired) electrons. The van der Waals surface area contributed by atoms with Crippen LogP contribution in [0, 0.1) is 0 Å². The molecule has 0 aromatic carbocycles. The number of halogens is 1. The molecule has 0 atom stereocenters. The summed E-state index contributed by atoms with van der Waals surface area (Å²) in [6.45, 7) is 8.80. The maximum atomic E-state index is 5.81. The lowest BCUT2D eigenvalue weighted by atomic mass is 9.85. The Kier molecular flexibility index (Phi) is 3.19. The van der Waals surface area contributed by atoms with Crippen molar-refractivity contribution in [1.82, 2.24) is 15.6 Å². The lowest BCUT2D eigenvalue weighted by Gasteiger charge is -2.33. The Bertz CT molecular complexity index is 399. The van der Waals surface area contributed by atoms with E-state index in [0.29, 0.717) is 5.88 Å². The van der Waals surface area contributed by atoms with Gasteiger partial charge in [0, 0.05) is 11.1 Å². The van der Waals surface area contributed by atoms with Crippen LogP contribution in [-0.2, 0) is 5.88 Å². The predicted octanol–water partition coefficient (Wildman–Crippen LogP) is 2.57. The molecular formula is C13H20ClN3. The SMILES string of the molecule is CC1(C)NC(c2cccc(CCl)n2)NC1(C)C. The van der Waals surface area contributed by atoms with E-state index in [4.69, 9.17) is 11.6 Å². The van der Waals surface area contributed by atoms with E-state index in [1.165, 1.54) is 0 Å². The average molecular weight is 254 g/mol. The summed E-state index contributed by atoms with van der Waals surface area (Å²) in [5.41, 5.74) is 1.96. The number of alkyl halides is 1. The van der Waals surface area contributed by atoms with Gasteiger partial charge in [-0.15, -0.1) is 11.6 Å². The van der Waals surface area contributed by atoms with Gasteiger partial charge in [-0.25, -0.2) is 0 Å². The fourth-order valence-electron chi connectivity index (χ4n) is 2.00. The average Bonchev–Trinajstić information content (AvgIpc) is 2.48.